The molecule has 2 amide bonds. The maximum Gasteiger partial charge on any atom is 0.244 e. The molecular formula is C24H30Cl2FN3O4S. The number of nitrogens with one attached hydrogen (secondary N) is 1. The highest BCUT2D eigenvalue weighted by Gasteiger charge is 2.32. The van der Waals surface area contributed by atoms with Gasteiger partial charge in [0, 0.05) is 18.1 Å². The van der Waals surface area contributed by atoms with Gasteiger partial charge in [0.1, 0.15) is 18.4 Å². The highest BCUT2D eigenvalue weighted by Crippen LogP contribution is 2.26. The van der Waals surface area contributed by atoms with E-state index in [1.807, 2.05) is 6.92 Å². The zero-order valence-electron chi connectivity index (χ0n) is 19.9. The summed E-state index contributed by atoms with van der Waals surface area (Å²) in [6.07, 6.45) is 2.91. The summed E-state index contributed by atoms with van der Waals surface area (Å²) in [6.45, 7) is 3.62. The van der Waals surface area contributed by atoms with E-state index in [0.717, 1.165) is 35.5 Å². The summed E-state index contributed by atoms with van der Waals surface area (Å²) in [5, 5.41) is 2.98. The minimum atomic E-state index is -3.95. The smallest absolute Gasteiger partial charge is 0.244 e. The van der Waals surface area contributed by atoms with Crippen molar-refractivity contribution in [1.82, 2.24) is 10.2 Å². The van der Waals surface area contributed by atoms with Crippen molar-refractivity contribution in [3.05, 3.63) is 63.9 Å². The van der Waals surface area contributed by atoms with Crippen LogP contribution in [0.25, 0.3) is 0 Å². The predicted octanol–water partition coefficient (Wildman–Crippen LogP) is 4.62. The van der Waals surface area contributed by atoms with E-state index in [1.165, 1.54) is 11.0 Å². The van der Waals surface area contributed by atoms with Gasteiger partial charge < -0.3 is 10.2 Å². The summed E-state index contributed by atoms with van der Waals surface area (Å²) in [5.74, 6) is -1.67. The Balaban J connectivity index is 2.43. The zero-order valence-corrected chi connectivity index (χ0v) is 22.3. The van der Waals surface area contributed by atoms with E-state index in [9.17, 15) is 22.4 Å². The zero-order chi connectivity index (χ0) is 26.2. The quantitative estimate of drug-likeness (QED) is 0.394. The van der Waals surface area contributed by atoms with Crippen molar-refractivity contribution in [3.8, 4) is 0 Å². The number of unbranched alkanes of at least 4 members (excludes halogenated alkanes) is 1. The number of nitrogens with zero attached hydrogens (tertiary/aromatic N) is 2. The highest BCUT2D eigenvalue weighted by molar-refractivity contribution is 7.92. The second-order valence-electron chi connectivity index (χ2n) is 8.05. The van der Waals surface area contributed by atoms with Crippen molar-refractivity contribution in [2.45, 2.75) is 45.7 Å². The van der Waals surface area contributed by atoms with Crippen LogP contribution in [0.3, 0.4) is 0 Å². The van der Waals surface area contributed by atoms with E-state index < -0.39 is 34.3 Å². The number of carbonyl (C=O) groups is 2. The molecule has 0 unspecified atom stereocenters. The molecule has 0 heterocycles. The predicted molar refractivity (Wildman–Crippen MR) is 138 cm³/mol. The van der Waals surface area contributed by atoms with Gasteiger partial charge in [0.25, 0.3) is 0 Å². The van der Waals surface area contributed by atoms with Gasteiger partial charge in [0.2, 0.25) is 21.8 Å². The molecule has 2 aromatic rings. The normalized spacial score (nSPS) is 12.2. The van der Waals surface area contributed by atoms with Crippen LogP contribution in [0, 0.1) is 5.82 Å². The van der Waals surface area contributed by atoms with E-state index in [0.29, 0.717) is 23.6 Å². The number of hydrogen-bond donors (Lipinski definition) is 1. The molecule has 11 heteroatoms. The van der Waals surface area contributed by atoms with Crippen LogP contribution in [0.4, 0.5) is 10.1 Å². The first kappa shape index (κ1) is 28.9. The first-order valence-corrected chi connectivity index (χ1v) is 13.8. The molecule has 192 valence electrons. The molecule has 35 heavy (non-hydrogen) atoms. The van der Waals surface area contributed by atoms with Crippen LogP contribution in [0.1, 0.15) is 38.7 Å². The van der Waals surface area contributed by atoms with Gasteiger partial charge in [-0.25, -0.2) is 12.8 Å². The highest BCUT2D eigenvalue weighted by atomic mass is 35.5. The lowest BCUT2D eigenvalue weighted by Gasteiger charge is -2.33. The molecule has 0 aliphatic heterocycles. The second kappa shape index (κ2) is 13.1. The first-order valence-electron chi connectivity index (χ1n) is 11.2. The van der Waals surface area contributed by atoms with Crippen LogP contribution in [0.2, 0.25) is 10.0 Å². The third-order valence-corrected chi connectivity index (χ3v) is 7.18. The number of benzene rings is 2. The van der Waals surface area contributed by atoms with Crippen molar-refractivity contribution in [1.29, 1.82) is 0 Å². The summed E-state index contributed by atoms with van der Waals surface area (Å²) in [4.78, 5) is 27.9. The summed E-state index contributed by atoms with van der Waals surface area (Å²) < 4.78 is 39.6. The molecule has 7 nitrogen and oxygen atoms in total. The Morgan fingerprint density at radius 3 is 2.34 bits per heavy atom. The molecule has 1 N–H and O–H groups in total. The number of sulfonamides is 1. The van der Waals surface area contributed by atoms with Crippen LogP contribution in [-0.2, 0) is 26.2 Å². The molecule has 0 spiro atoms. The molecule has 0 aromatic heterocycles. The Kier molecular flexibility index (Phi) is 10.8. The van der Waals surface area contributed by atoms with E-state index >= 15 is 0 Å². The Labute approximate surface area is 216 Å². The maximum atomic E-state index is 13.7. The molecule has 0 fully saturated rings. The molecule has 0 bridgehead atoms. The molecule has 0 aliphatic rings. The van der Waals surface area contributed by atoms with Crippen molar-refractivity contribution in [3.63, 3.8) is 0 Å². The van der Waals surface area contributed by atoms with E-state index in [1.54, 1.807) is 31.2 Å². The Morgan fingerprint density at radius 1 is 1.09 bits per heavy atom. The van der Waals surface area contributed by atoms with Gasteiger partial charge in [-0.2, -0.15) is 0 Å². The number of hydrogen-bond acceptors (Lipinski definition) is 4. The Bertz CT molecular complexity index is 1150. The van der Waals surface area contributed by atoms with Gasteiger partial charge in [0.05, 0.1) is 17.0 Å². The Morgan fingerprint density at radius 2 is 1.77 bits per heavy atom. The van der Waals surface area contributed by atoms with Gasteiger partial charge in [-0.1, -0.05) is 61.7 Å². The van der Waals surface area contributed by atoms with Crippen LogP contribution in [0.15, 0.2) is 42.5 Å². The third-order valence-electron chi connectivity index (χ3n) is 5.38. The van der Waals surface area contributed by atoms with Crippen LogP contribution < -0.4 is 9.62 Å². The van der Waals surface area contributed by atoms with Crippen molar-refractivity contribution >= 4 is 50.7 Å². The standard InChI is InChI=1S/C24H30Cl2FN3O4S/c1-4-6-13-28-24(32)22(5-2)29(15-17-9-7-8-10-19(17)25)23(31)16-30(35(3,33)34)18-11-12-21(27)20(26)14-18/h7-12,14,22H,4-6,13,15-16H2,1-3H3,(H,28,32)/t22-/m0/s1. The molecule has 2 rings (SSSR count). The maximum absolute atomic E-state index is 13.7. The van der Waals surface area contributed by atoms with Gasteiger partial charge >= 0.3 is 0 Å². The van der Waals surface area contributed by atoms with Crippen LogP contribution in [-0.4, -0.2) is 50.5 Å². The first-order chi connectivity index (χ1) is 16.5. The minimum absolute atomic E-state index is 0.0000129. The number of halogens is 3. The molecule has 0 aliphatic carbocycles. The van der Waals surface area contributed by atoms with E-state index in [-0.39, 0.29) is 23.2 Å². The lowest BCUT2D eigenvalue weighted by molar-refractivity contribution is -0.140. The molecule has 1 atom stereocenters. The van der Waals surface area contributed by atoms with Crippen molar-refractivity contribution in [2.75, 3.05) is 23.7 Å². The van der Waals surface area contributed by atoms with Crippen molar-refractivity contribution < 1.29 is 22.4 Å². The fourth-order valence-electron chi connectivity index (χ4n) is 3.49. The third kappa shape index (κ3) is 8.08. The van der Waals surface area contributed by atoms with E-state index in [2.05, 4.69) is 5.32 Å². The fraction of sp³-hybridized carbons (Fsp3) is 0.417. The summed E-state index contributed by atoms with van der Waals surface area (Å²) >= 11 is 12.2. The molecule has 0 radical (unpaired) electrons. The number of anilines is 1. The number of rotatable bonds is 12. The van der Waals surface area contributed by atoms with Gasteiger partial charge in [0.15, 0.2) is 0 Å². The molecular weight excluding hydrogens is 516 g/mol. The lowest BCUT2D eigenvalue weighted by Crippen LogP contribution is -2.52. The SMILES string of the molecule is CCCCNC(=O)[C@H](CC)N(Cc1ccccc1Cl)C(=O)CN(c1ccc(F)c(Cl)c1)S(C)(=O)=O. The fourth-order valence-corrected chi connectivity index (χ4v) is 4.70. The second-order valence-corrected chi connectivity index (χ2v) is 10.8. The van der Waals surface area contributed by atoms with Gasteiger partial charge in [-0.3, -0.25) is 13.9 Å². The van der Waals surface area contributed by atoms with Gasteiger partial charge in [-0.15, -0.1) is 0 Å². The van der Waals surface area contributed by atoms with Crippen LogP contribution in [0.5, 0.6) is 0 Å². The topological polar surface area (TPSA) is 86.8 Å². The number of amides is 2. The van der Waals surface area contributed by atoms with Gasteiger partial charge in [-0.05, 0) is 42.7 Å². The summed E-state index contributed by atoms with van der Waals surface area (Å²) in [6, 6.07) is 9.45. The summed E-state index contributed by atoms with van der Waals surface area (Å²) in [5.41, 5.74) is 0.642. The van der Waals surface area contributed by atoms with Crippen LogP contribution >= 0.6 is 23.2 Å². The monoisotopic (exact) mass is 545 g/mol. The summed E-state index contributed by atoms with van der Waals surface area (Å²) in [7, 11) is -3.95. The lowest BCUT2D eigenvalue weighted by atomic mass is 10.1. The molecule has 0 saturated heterocycles. The van der Waals surface area contributed by atoms with Crippen molar-refractivity contribution in [2.24, 2.45) is 0 Å². The molecule has 0 saturated carbocycles. The largest absolute Gasteiger partial charge is 0.354 e. The minimum Gasteiger partial charge on any atom is -0.354 e. The Hall–Kier alpha value is -2.36. The average molecular weight is 546 g/mol. The van der Waals surface area contributed by atoms with E-state index in [4.69, 9.17) is 23.2 Å². The molecule has 2 aromatic carbocycles. The average Bonchev–Trinajstić information content (AvgIpc) is 2.79. The number of carbonyl (C=O) groups excluding carboxylic acids is 2.